The SMILES string of the molecule is COc1cccc2[nH]c(C(=O)N3C[C@H](c4ccccc4)CC3C(=O)N[C@@H](C[C@@H]3CCNC3=O)C(O)S(=O)(=O)O)cc12. The third kappa shape index (κ3) is 5.92. The van der Waals surface area contributed by atoms with Gasteiger partial charge in [0, 0.05) is 35.8 Å². The fourth-order valence-corrected chi connectivity index (χ4v) is 6.35. The number of nitrogens with zero attached hydrogens (tertiary/aromatic N) is 1. The summed E-state index contributed by atoms with van der Waals surface area (Å²) in [5.74, 6) is -1.74. The average molecular weight is 585 g/mol. The normalized spacial score (nSPS) is 22.4. The van der Waals surface area contributed by atoms with Crippen molar-refractivity contribution in [1.29, 1.82) is 0 Å². The summed E-state index contributed by atoms with van der Waals surface area (Å²) in [5, 5.41) is 16.3. The lowest BCUT2D eigenvalue weighted by Crippen LogP contribution is -2.54. The van der Waals surface area contributed by atoms with Gasteiger partial charge in [-0.05, 0) is 43.0 Å². The molecule has 0 saturated carbocycles. The van der Waals surface area contributed by atoms with Crippen LogP contribution in [0.1, 0.15) is 41.2 Å². The molecular formula is C28H32N4O8S. The van der Waals surface area contributed by atoms with Crippen LogP contribution in [0.4, 0.5) is 0 Å². The number of aromatic nitrogens is 1. The first kappa shape index (κ1) is 28.6. The number of H-pyrrole nitrogens is 1. The van der Waals surface area contributed by atoms with Crippen molar-refractivity contribution in [3.05, 3.63) is 65.9 Å². The maximum Gasteiger partial charge on any atom is 0.294 e. The number of carbonyl (C=O) groups is 3. The molecule has 2 aromatic carbocycles. The molecule has 5 rings (SSSR count). The molecule has 0 bridgehead atoms. The number of aliphatic hydroxyl groups excluding tert-OH is 1. The van der Waals surface area contributed by atoms with Crippen LogP contribution in [0, 0.1) is 5.92 Å². The summed E-state index contributed by atoms with van der Waals surface area (Å²) in [6.07, 6.45) is 0.421. The fourth-order valence-electron chi connectivity index (χ4n) is 5.76. The van der Waals surface area contributed by atoms with Crippen molar-refractivity contribution in [2.75, 3.05) is 20.2 Å². The number of ether oxygens (including phenoxy) is 1. The first-order chi connectivity index (χ1) is 19.6. The first-order valence-electron chi connectivity index (χ1n) is 13.3. The number of hydrogen-bond acceptors (Lipinski definition) is 7. The molecule has 0 aliphatic carbocycles. The van der Waals surface area contributed by atoms with Gasteiger partial charge in [0.2, 0.25) is 17.3 Å². The predicted molar refractivity (Wildman–Crippen MR) is 149 cm³/mol. The molecular weight excluding hydrogens is 552 g/mol. The van der Waals surface area contributed by atoms with Crippen LogP contribution in [-0.2, 0) is 19.7 Å². The summed E-state index contributed by atoms with van der Waals surface area (Å²) >= 11 is 0. The Kier molecular flexibility index (Phi) is 8.02. The standard InChI is InChI=1S/C28H32N4O8S/c1-40-24-9-5-8-20-19(24)14-21(30-20)27(35)32-15-18(16-6-3-2-4-7-16)13-23(32)26(34)31-22(28(36)41(37,38)39)12-17-10-11-29-25(17)33/h2-9,14,17-18,22-23,28,30,36H,10-13,15H2,1H3,(H,29,33)(H,31,34)(H,37,38,39)/t17-,18+,22-,23?,28?/m0/s1. The van der Waals surface area contributed by atoms with Crippen molar-refractivity contribution in [2.45, 2.75) is 42.7 Å². The highest BCUT2D eigenvalue weighted by atomic mass is 32.2. The van der Waals surface area contributed by atoms with Crippen molar-refractivity contribution in [2.24, 2.45) is 5.92 Å². The zero-order chi connectivity index (χ0) is 29.3. The number of nitrogens with one attached hydrogen (secondary N) is 3. The Morgan fingerprint density at radius 2 is 1.93 bits per heavy atom. The Bertz CT molecular complexity index is 1560. The second kappa shape index (κ2) is 11.5. The molecule has 1 aromatic heterocycles. The van der Waals surface area contributed by atoms with Crippen molar-refractivity contribution < 1.29 is 37.2 Å². The molecule has 3 heterocycles. The van der Waals surface area contributed by atoms with Gasteiger partial charge in [-0.25, -0.2) is 0 Å². The Labute approximate surface area is 236 Å². The van der Waals surface area contributed by atoms with E-state index in [1.54, 1.807) is 24.3 Å². The molecule has 2 aliphatic rings. The van der Waals surface area contributed by atoms with Gasteiger partial charge in [-0.1, -0.05) is 36.4 Å². The summed E-state index contributed by atoms with van der Waals surface area (Å²) < 4.78 is 38.6. The minimum atomic E-state index is -4.97. The Morgan fingerprint density at radius 1 is 1.17 bits per heavy atom. The molecule has 218 valence electrons. The van der Waals surface area contributed by atoms with Crippen molar-refractivity contribution in [3.63, 3.8) is 0 Å². The van der Waals surface area contributed by atoms with E-state index < -0.39 is 45.4 Å². The van der Waals surface area contributed by atoms with E-state index in [1.165, 1.54) is 12.0 Å². The van der Waals surface area contributed by atoms with Crippen LogP contribution in [-0.4, -0.2) is 83.4 Å². The number of amides is 3. The first-order valence-corrected chi connectivity index (χ1v) is 14.8. The molecule has 5 atom stereocenters. The van der Waals surface area contributed by atoms with E-state index in [-0.39, 0.29) is 36.9 Å². The highest BCUT2D eigenvalue weighted by molar-refractivity contribution is 7.86. The van der Waals surface area contributed by atoms with Gasteiger partial charge >= 0.3 is 0 Å². The number of aromatic amines is 1. The minimum absolute atomic E-state index is 0.194. The number of benzene rings is 2. The molecule has 5 N–H and O–H groups in total. The molecule has 0 radical (unpaired) electrons. The highest BCUT2D eigenvalue weighted by Crippen LogP contribution is 2.34. The van der Waals surface area contributed by atoms with Gasteiger partial charge in [-0.3, -0.25) is 18.9 Å². The van der Waals surface area contributed by atoms with E-state index in [1.807, 2.05) is 30.3 Å². The lowest BCUT2D eigenvalue weighted by Gasteiger charge is -2.28. The number of carbonyl (C=O) groups excluding carboxylic acids is 3. The van der Waals surface area contributed by atoms with E-state index in [9.17, 15) is 32.5 Å². The third-order valence-corrected chi connectivity index (χ3v) is 8.83. The largest absolute Gasteiger partial charge is 0.496 e. The second-order valence-corrected chi connectivity index (χ2v) is 12.0. The van der Waals surface area contributed by atoms with E-state index in [0.717, 1.165) is 5.56 Å². The Morgan fingerprint density at radius 3 is 2.59 bits per heavy atom. The predicted octanol–water partition coefficient (Wildman–Crippen LogP) is 1.39. The molecule has 13 heteroatoms. The van der Waals surface area contributed by atoms with Crippen LogP contribution < -0.4 is 15.4 Å². The molecule has 12 nitrogen and oxygen atoms in total. The minimum Gasteiger partial charge on any atom is -0.496 e. The summed E-state index contributed by atoms with van der Waals surface area (Å²) in [5.41, 5.74) is -0.501. The number of fused-ring (bicyclic) bond motifs is 1. The molecule has 2 fully saturated rings. The van der Waals surface area contributed by atoms with Gasteiger partial charge in [-0.15, -0.1) is 0 Å². The zero-order valence-electron chi connectivity index (χ0n) is 22.3. The van der Waals surface area contributed by atoms with Crippen molar-refractivity contribution in [3.8, 4) is 5.75 Å². The highest BCUT2D eigenvalue weighted by Gasteiger charge is 2.43. The third-order valence-electron chi connectivity index (χ3n) is 7.89. The quantitative estimate of drug-likeness (QED) is 0.234. The smallest absolute Gasteiger partial charge is 0.294 e. The van der Waals surface area contributed by atoms with Crippen LogP contribution in [0.15, 0.2) is 54.6 Å². The Hall–Kier alpha value is -3.94. The van der Waals surface area contributed by atoms with Crippen molar-refractivity contribution in [1.82, 2.24) is 20.5 Å². The van der Waals surface area contributed by atoms with E-state index in [2.05, 4.69) is 15.6 Å². The van der Waals surface area contributed by atoms with E-state index in [4.69, 9.17) is 4.74 Å². The van der Waals surface area contributed by atoms with Gasteiger partial charge in [0.05, 0.1) is 13.2 Å². The van der Waals surface area contributed by atoms with Gasteiger partial charge in [-0.2, -0.15) is 8.42 Å². The van der Waals surface area contributed by atoms with Crippen LogP contribution in [0.25, 0.3) is 10.9 Å². The van der Waals surface area contributed by atoms with Crippen LogP contribution in [0.3, 0.4) is 0 Å². The van der Waals surface area contributed by atoms with Gasteiger partial charge in [0.15, 0.2) is 0 Å². The van der Waals surface area contributed by atoms with Gasteiger partial charge < -0.3 is 30.4 Å². The lowest BCUT2D eigenvalue weighted by atomic mass is 9.95. The van der Waals surface area contributed by atoms with E-state index >= 15 is 0 Å². The molecule has 2 unspecified atom stereocenters. The maximum absolute atomic E-state index is 13.8. The Balaban J connectivity index is 1.45. The monoisotopic (exact) mass is 584 g/mol. The maximum atomic E-state index is 13.8. The number of rotatable bonds is 9. The van der Waals surface area contributed by atoms with Crippen molar-refractivity contribution >= 4 is 38.7 Å². The van der Waals surface area contributed by atoms with Gasteiger partial charge in [0.1, 0.15) is 17.5 Å². The number of hydrogen-bond donors (Lipinski definition) is 5. The summed E-state index contributed by atoms with van der Waals surface area (Å²) in [6.45, 7) is 0.592. The average Bonchev–Trinajstić information content (AvgIpc) is 3.70. The molecule has 2 saturated heterocycles. The second-order valence-electron chi connectivity index (χ2n) is 10.5. The van der Waals surface area contributed by atoms with Crippen LogP contribution >= 0.6 is 0 Å². The number of aliphatic hydroxyl groups is 1. The topological polar surface area (TPSA) is 178 Å². The van der Waals surface area contributed by atoms with Gasteiger partial charge in [0.25, 0.3) is 16.0 Å². The van der Waals surface area contributed by atoms with E-state index in [0.29, 0.717) is 29.6 Å². The van der Waals surface area contributed by atoms with Crippen LogP contribution in [0.2, 0.25) is 0 Å². The summed E-state index contributed by atoms with van der Waals surface area (Å²) in [6, 6.07) is 13.9. The number of likely N-dealkylation sites (tertiary alicyclic amines) is 1. The molecule has 41 heavy (non-hydrogen) atoms. The molecule has 3 aromatic rings. The summed E-state index contributed by atoms with van der Waals surface area (Å²) in [4.78, 5) is 44.2. The lowest BCUT2D eigenvalue weighted by molar-refractivity contribution is -0.127. The molecule has 2 aliphatic heterocycles. The zero-order valence-corrected chi connectivity index (χ0v) is 23.1. The molecule has 0 spiro atoms. The molecule has 3 amide bonds. The fraction of sp³-hybridized carbons (Fsp3) is 0.393. The number of methoxy groups -OCH3 is 1. The van der Waals surface area contributed by atoms with Crippen LogP contribution in [0.5, 0.6) is 5.75 Å². The summed E-state index contributed by atoms with van der Waals surface area (Å²) in [7, 11) is -3.44.